The van der Waals surface area contributed by atoms with E-state index in [1.807, 2.05) is 35.9 Å². The number of nitrogens with zero attached hydrogens (tertiary/aromatic N) is 3. The topological polar surface area (TPSA) is 42.7 Å². The van der Waals surface area contributed by atoms with Crippen molar-refractivity contribution in [3.05, 3.63) is 54.5 Å². The molecule has 5 heteroatoms. The first-order valence-electron chi connectivity index (χ1n) is 6.43. The minimum Gasteiger partial charge on any atom is -0.360 e. The first kappa shape index (κ1) is 12.9. The zero-order chi connectivity index (χ0) is 13.9. The number of aryl methyl sites for hydroxylation is 1. The van der Waals surface area contributed by atoms with E-state index in [0.29, 0.717) is 5.88 Å². The van der Waals surface area contributed by atoms with Crippen molar-refractivity contribution < 1.29 is 0 Å². The van der Waals surface area contributed by atoms with Crippen LogP contribution in [0.15, 0.2) is 48.9 Å². The Morgan fingerprint density at radius 3 is 2.75 bits per heavy atom. The number of aromatic nitrogens is 3. The highest BCUT2D eigenvalue weighted by Gasteiger charge is 2.13. The fourth-order valence-corrected chi connectivity index (χ4v) is 2.48. The minimum absolute atomic E-state index is 0.0120. The quantitative estimate of drug-likeness (QED) is 0.748. The second kappa shape index (κ2) is 5.51. The maximum absolute atomic E-state index is 6.09. The second-order valence-electron chi connectivity index (χ2n) is 4.64. The number of fused-ring (bicyclic) bond motifs is 1. The highest BCUT2D eigenvalue weighted by molar-refractivity contribution is 6.18. The molecule has 0 aliphatic heterocycles. The molecule has 0 aliphatic carbocycles. The third-order valence-corrected chi connectivity index (χ3v) is 3.62. The van der Waals surface area contributed by atoms with Crippen LogP contribution in [-0.4, -0.2) is 20.4 Å². The van der Waals surface area contributed by atoms with Crippen molar-refractivity contribution in [1.82, 2.24) is 14.5 Å². The first-order valence-corrected chi connectivity index (χ1v) is 6.96. The molecule has 0 bridgehead atoms. The SMILES string of the molecule is Cn1cnc2c(NC(CCl)c3ccccc3)nccc21. The summed E-state index contributed by atoms with van der Waals surface area (Å²) in [6.45, 7) is 0. The van der Waals surface area contributed by atoms with E-state index in [-0.39, 0.29) is 6.04 Å². The van der Waals surface area contributed by atoms with E-state index in [2.05, 4.69) is 27.4 Å². The number of alkyl halides is 1. The zero-order valence-corrected chi connectivity index (χ0v) is 11.9. The van der Waals surface area contributed by atoms with Gasteiger partial charge in [-0.05, 0) is 11.6 Å². The van der Waals surface area contributed by atoms with Gasteiger partial charge in [-0.1, -0.05) is 30.3 Å². The smallest absolute Gasteiger partial charge is 0.154 e. The van der Waals surface area contributed by atoms with Gasteiger partial charge in [-0.15, -0.1) is 11.6 Å². The molecule has 0 radical (unpaired) electrons. The molecule has 1 unspecified atom stereocenters. The number of hydrogen-bond acceptors (Lipinski definition) is 3. The molecule has 102 valence electrons. The first-order chi connectivity index (χ1) is 9.79. The lowest BCUT2D eigenvalue weighted by Crippen LogP contribution is -2.13. The van der Waals surface area contributed by atoms with E-state index >= 15 is 0 Å². The van der Waals surface area contributed by atoms with Crippen LogP contribution in [0.4, 0.5) is 5.82 Å². The molecule has 0 fully saturated rings. The van der Waals surface area contributed by atoms with Gasteiger partial charge in [0.15, 0.2) is 5.82 Å². The molecule has 3 rings (SSSR count). The van der Waals surface area contributed by atoms with Crippen LogP contribution in [0.5, 0.6) is 0 Å². The van der Waals surface area contributed by atoms with Gasteiger partial charge in [0, 0.05) is 19.1 Å². The number of rotatable bonds is 4. The van der Waals surface area contributed by atoms with Gasteiger partial charge < -0.3 is 9.88 Å². The number of pyridine rings is 1. The average molecular weight is 287 g/mol. The highest BCUT2D eigenvalue weighted by Crippen LogP contribution is 2.24. The molecule has 0 spiro atoms. The van der Waals surface area contributed by atoms with Crippen LogP contribution in [0, 0.1) is 0 Å². The van der Waals surface area contributed by atoms with Crippen LogP contribution in [0.2, 0.25) is 0 Å². The monoisotopic (exact) mass is 286 g/mol. The van der Waals surface area contributed by atoms with E-state index in [0.717, 1.165) is 22.4 Å². The fraction of sp³-hybridized carbons (Fsp3) is 0.200. The van der Waals surface area contributed by atoms with Gasteiger partial charge in [0.2, 0.25) is 0 Å². The Balaban J connectivity index is 1.96. The predicted molar refractivity (Wildman–Crippen MR) is 82.0 cm³/mol. The Kier molecular flexibility index (Phi) is 3.56. The standard InChI is InChI=1S/C15H15ClN4/c1-20-10-18-14-13(20)7-8-17-15(14)19-12(9-16)11-5-3-2-4-6-11/h2-8,10,12H,9H2,1H3,(H,17,19). The van der Waals surface area contributed by atoms with Gasteiger partial charge in [0.1, 0.15) is 5.52 Å². The summed E-state index contributed by atoms with van der Waals surface area (Å²) in [5.74, 6) is 1.23. The maximum atomic E-state index is 6.09. The summed E-state index contributed by atoms with van der Waals surface area (Å²) in [7, 11) is 1.97. The predicted octanol–water partition coefficient (Wildman–Crippen LogP) is 3.36. The maximum Gasteiger partial charge on any atom is 0.154 e. The highest BCUT2D eigenvalue weighted by atomic mass is 35.5. The Bertz CT molecular complexity index is 708. The van der Waals surface area contributed by atoms with Gasteiger partial charge >= 0.3 is 0 Å². The minimum atomic E-state index is 0.0120. The van der Waals surface area contributed by atoms with E-state index in [4.69, 9.17) is 11.6 Å². The summed E-state index contributed by atoms with van der Waals surface area (Å²) in [6.07, 6.45) is 3.57. The molecule has 2 aromatic heterocycles. The molecule has 3 aromatic rings. The number of halogens is 1. The lowest BCUT2D eigenvalue weighted by atomic mass is 10.1. The molecule has 1 atom stereocenters. The number of hydrogen-bond donors (Lipinski definition) is 1. The van der Waals surface area contributed by atoms with Crippen LogP contribution in [0.1, 0.15) is 11.6 Å². The fourth-order valence-electron chi connectivity index (χ4n) is 2.23. The molecule has 20 heavy (non-hydrogen) atoms. The molecule has 0 saturated heterocycles. The summed E-state index contributed by atoms with van der Waals surface area (Å²) in [5.41, 5.74) is 3.04. The molecular weight excluding hydrogens is 272 g/mol. The molecule has 2 heterocycles. The Morgan fingerprint density at radius 1 is 1.20 bits per heavy atom. The number of anilines is 1. The lowest BCUT2D eigenvalue weighted by Gasteiger charge is -2.17. The molecule has 0 aliphatic rings. The van der Waals surface area contributed by atoms with Crippen molar-refractivity contribution in [2.45, 2.75) is 6.04 Å². The summed E-state index contributed by atoms with van der Waals surface area (Å²) in [5, 5.41) is 3.38. The van der Waals surface area contributed by atoms with E-state index in [1.165, 1.54) is 0 Å². The van der Waals surface area contributed by atoms with Crippen LogP contribution in [0.25, 0.3) is 11.0 Å². The normalized spacial score (nSPS) is 12.5. The van der Waals surface area contributed by atoms with Crippen molar-refractivity contribution >= 4 is 28.5 Å². The number of benzene rings is 1. The summed E-state index contributed by atoms with van der Waals surface area (Å²) in [4.78, 5) is 8.78. The Labute approximate surface area is 122 Å². The van der Waals surface area contributed by atoms with Crippen LogP contribution in [-0.2, 0) is 7.05 Å². The molecule has 1 aromatic carbocycles. The van der Waals surface area contributed by atoms with Crippen LogP contribution in [0.3, 0.4) is 0 Å². The van der Waals surface area contributed by atoms with Gasteiger partial charge in [-0.25, -0.2) is 9.97 Å². The van der Waals surface area contributed by atoms with E-state index < -0.39 is 0 Å². The Hall–Kier alpha value is -2.07. The van der Waals surface area contributed by atoms with Gasteiger partial charge in [0.25, 0.3) is 0 Å². The van der Waals surface area contributed by atoms with Gasteiger partial charge in [-0.3, -0.25) is 0 Å². The van der Waals surface area contributed by atoms with E-state index in [9.17, 15) is 0 Å². The van der Waals surface area contributed by atoms with Crippen molar-refractivity contribution in [1.29, 1.82) is 0 Å². The van der Waals surface area contributed by atoms with Crippen molar-refractivity contribution in [3.8, 4) is 0 Å². The average Bonchev–Trinajstić information content (AvgIpc) is 2.88. The Morgan fingerprint density at radius 2 is 2.00 bits per heavy atom. The number of imidazole rings is 1. The van der Waals surface area contributed by atoms with Crippen molar-refractivity contribution in [3.63, 3.8) is 0 Å². The van der Waals surface area contributed by atoms with Crippen LogP contribution < -0.4 is 5.32 Å². The zero-order valence-electron chi connectivity index (χ0n) is 11.1. The molecule has 0 amide bonds. The third kappa shape index (κ3) is 2.34. The molecular formula is C15H15ClN4. The molecule has 4 nitrogen and oxygen atoms in total. The summed E-state index contributed by atoms with van der Waals surface area (Å²) in [6, 6.07) is 12.1. The van der Waals surface area contributed by atoms with Gasteiger partial charge in [0.05, 0.1) is 17.9 Å². The summed E-state index contributed by atoms with van der Waals surface area (Å²) < 4.78 is 1.97. The van der Waals surface area contributed by atoms with E-state index in [1.54, 1.807) is 12.5 Å². The van der Waals surface area contributed by atoms with Crippen molar-refractivity contribution in [2.75, 3.05) is 11.2 Å². The lowest BCUT2D eigenvalue weighted by molar-refractivity contribution is 0.885. The van der Waals surface area contributed by atoms with Gasteiger partial charge in [-0.2, -0.15) is 0 Å². The second-order valence-corrected chi connectivity index (χ2v) is 4.95. The molecule has 1 N–H and O–H groups in total. The molecule has 0 saturated carbocycles. The van der Waals surface area contributed by atoms with Crippen LogP contribution >= 0.6 is 11.6 Å². The largest absolute Gasteiger partial charge is 0.360 e. The summed E-state index contributed by atoms with van der Waals surface area (Å²) >= 11 is 6.09. The number of nitrogens with one attached hydrogen (secondary N) is 1. The van der Waals surface area contributed by atoms with Crippen molar-refractivity contribution in [2.24, 2.45) is 7.05 Å². The third-order valence-electron chi connectivity index (χ3n) is 3.31.